The molecule has 0 aliphatic rings. The van der Waals surface area contributed by atoms with Crippen molar-refractivity contribution < 1.29 is 20.1 Å². The zero-order valence-corrected chi connectivity index (χ0v) is 12.0. The van der Waals surface area contributed by atoms with Crippen LogP contribution >= 0.6 is 11.6 Å². The highest BCUT2D eigenvalue weighted by Gasteiger charge is 2.17. The van der Waals surface area contributed by atoms with E-state index in [1.54, 1.807) is 36.5 Å². The molecule has 0 unspecified atom stereocenters. The molecule has 0 aliphatic heterocycles. The lowest BCUT2D eigenvalue weighted by Crippen LogP contribution is -2.14. The van der Waals surface area contributed by atoms with E-state index in [1.165, 1.54) is 12.1 Å². The number of fused-ring (bicyclic) bond motifs is 1. The van der Waals surface area contributed by atoms with Crippen LogP contribution < -0.4 is 4.74 Å². The fourth-order valence-electron chi connectivity index (χ4n) is 2.26. The predicted molar refractivity (Wildman–Crippen MR) is 82.7 cm³/mol. The van der Waals surface area contributed by atoms with Crippen LogP contribution in [0.2, 0.25) is 5.02 Å². The second-order valence-electron chi connectivity index (χ2n) is 4.63. The Kier molecular flexibility index (Phi) is 3.85. The van der Waals surface area contributed by atoms with Crippen LogP contribution in [0.25, 0.3) is 22.0 Å². The molecule has 5 nitrogen and oxygen atoms in total. The van der Waals surface area contributed by atoms with Crippen molar-refractivity contribution in [2.75, 3.05) is 0 Å². The van der Waals surface area contributed by atoms with Crippen LogP contribution in [0.5, 0.6) is 11.5 Å². The normalized spacial score (nSPS) is 11.1. The van der Waals surface area contributed by atoms with Gasteiger partial charge in [-0.15, -0.1) is 0 Å². The minimum Gasteiger partial charge on any atom is -0.508 e. The van der Waals surface area contributed by atoms with Crippen LogP contribution in [0.15, 0.2) is 48.7 Å². The average Bonchev–Trinajstić information content (AvgIpc) is 2.51. The minimum atomic E-state index is -1.98. The number of phenolic OH excluding ortho intramolecular Hbond substituents is 1. The lowest BCUT2D eigenvalue weighted by atomic mass is 10.0. The van der Waals surface area contributed by atoms with Gasteiger partial charge in [0, 0.05) is 17.1 Å². The number of rotatable bonds is 3. The monoisotopic (exact) mass is 317 g/mol. The number of aromatic hydroxyl groups is 1. The van der Waals surface area contributed by atoms with Crippen molar-refractivity contribution in [3.8, 4) is 22.6 Å². The van der Waals surface area contributed by atoms with Gasteiger partial charge in [-0.25, -0.2) is 0 Å². The Morgan fingerprint density at radius 2 is 1.82 bits per heavy atom. The number of benzene rings is 2. The van der Waals surface area contributed by atoms with Gasteiger partial charge in [0.2, 0.25) is 0 Å². The Hall–Kier alpha value is -2.34. The molecule has 0 saturated carbocycles. The van der Waals surface area contributed by atoms with Crippen molar-refractivity contribution in [2.45, 2.75) is 6.48 Å². The number of halogens is 1. The van der Waals surface area contributed by atoms with Crippen LogP contribution in [-0.2, 0) is 0 Å². The molecule has 22 heavy (non-hydrogen) atoms. The Labute approximate surface area is 131 Å². The zero-order chi connectivity index (χ0) is 15.7. The largest absolute Gasteiger partial charge is 0.508 e. The molecule has 0 aliphatic carbocycles. The number of aromatic nitrogens is 1. The molecule has 0 bridgehead atoms. The number of hydrogen-bond donors (Lipinski definition) is 3. The summed E-state index contributed by atoms with van der Waals surface area (Å²) in [6.45, 7) is -1.98. The third kappa shape index (κ3) is 2.69. The highest BCUT2D eigenvalue weighted by molar-refractivity contribution is 6.36. The van der Waals surface area contributed by atoms with Crippen molar-refractivity contribution in [2.24, 2.45) is 0 Å². The van der Waals surface area contributed by atoms with Gasteiger partial charge in [0.25, 0.3) is 0 Å². The molecule has 3 rings (SSSR count). The molecule has 3 aromatic rings. The van der Waals surface area contributed by atoms with E-state index in [0.717, 1.165) is 0 Å². The minimum absolute atomic E-state index is 0.124. The average molecular weight is 318 g/mol. The van der Waals surface area contributed by atoms with E-state index in [-0.39, 0.29) is 11.5 Å². The molecule has 6 heteroatoms. The fourth-order valence-corrected chi connectivity index (χ4v) is 2.52. The van der Waals surface area contributed by atoms with E-state index in [2.05, 4.69) is 4.98 Å². The summed E-state index contributed by atoms with van der Waals surface area (Å²) in [7, 11) is 0. The van der Waals surface area contributed by atoms with Gasteiger partial charge in [-0.1, -0.05) is 23.7 Å². The van der Waals surface area contributed by atoms with E-state index in [4.69, 9.17) is 16.3 Å². The summed E-state index contributed by atoms with van der Waals surface area (Å²) >= 11 is 6.28. The summed E-state index contributed by atoms with van der Waals surface area (Å²) in [4.78, 5) is 4.22. The first kappa shape index (κ1) is 14.6. The number of aliphatic hydroxyl groups excluding tert-OH is 1. The van der Waals surface area contributed by atoms with E-state index < -0.39 is 6.48 Å². The summed E-state index contributed by atoms with van der Waals surface area (Å²) in [6.07, 6.45) is 1.57. The highest BCUT2D eigenvalue weighted by atomic mass is 35.5. The van der Waals surface area contributed by atoms with Crippen molar-refractivity contribution in [1.29, 1.82) is 0 Å². The van der Waals surface area contributed by atoms with Gasteiger partial charge in [0.05, 0.1) is 5.02 Å². The molecule has 0 atom stereocenters. The molecule has 112 valence electrons. The van der Waals surface area contributed by atoms with Gasteiger partial charge in [0.1, 0.15) is 11.3 Å². The molecular formula is C16H12ClNO4. The fraction of sp³-hybridized carbons (Fsp3) is 0.0625. The second-order valence-corrected chi connectivity index (χ2v) is 5.03. The maximum absolute atomic E-state index is 9.39. The smallest absolute Gasteiger partial charge is 0.310 e. The van der Waals surface area contributed by atoms with Crippen LogP contribution in [0.1, 0.15) is 0 Å². The van der Waals surface area contributed by atoms with E-state index in [0.29, 0.717) is 27.1 Å². The summed E-state index contributed by atoms with van der Waals surface area (Å²) in [5.74, 6) is 0.333. The third-order valence-electron chi connectivity index (χ3n) is 3.20. The number of aliphatic hydroxyl groups is 2. The zero-order valence-electron chi connectivity index (χ0n) is 11.3. The molecule has 0 fully saturated rings. The highest BCUT2D eigenvalue weighted by Crippen LogP contribution is 2.40. The Morgan fingerprint density at radius 3 is 2.50 bits per heavy atom. The Bertz CT molecular complexity index is 818. The molecule has 0 amide bonds. The Morgan fingerprint density at radius 1 is 1.09 bits per heavy atom. The summed E-state index contributed by atoms with van der Waals surface area (Å²) < 4.78 is 5.13. The molecule has 0 saturated heterocycles. The molecule has 1 aromatic heterocycles. The van der Waals surface area contributed by atoms with E-state index in [9.17, 15) is 15.3 Å². The number of phenols is 1. The van der Waals surface area contributed by atoms with Crippen LogP contribution in [0.3, 0.4) is 0 Å². The number of hydrogen-bond acceptors (Lipinski definition) is 5. The molecule has 2 aromatic carbocycles. The SMILES string of the molecule is Oc1ccc(-c2cc(Cl)c3cccnc3c2OC(O)O)cc1. The molecule has 0 spiro atoms. The number of nitrogens with zero attached hydrogens (tertiary/aromatic N) is 1. The Balaban J connectivity index is 2.30. The lowest BCUT2D eigenvalue weighted by Gasteiger charge is -2.16. The summed E-state index contributed by atoms with van der Waals surface area (Å²) in [5.41, 5.74) is 1.67. The van der Waals surface area contributed by atoms with Gasteiger partial charge >= 0.3 is 6.48 Å². The molecule has 1 heterocycles. The van der Waals surface area contributed by atoms with E-state index >= 15 is 0 Å². The molecular weight excluding hydrogens is 306 g/mol. The van der Waals surface area contributed by atoms with Gasteiger partial charge < -0.3 is 20.1 Å². The maximum Gasteiger partial charge on any atom is 0.310 e. The van der Waals surface area contributed by atoms with Gasteiger partial charge in [-0.2, -0.15) is 0 Å². The third-order valence-corrected chi connectivity index (χ3v) is 3.51. The van der Waals surface area contributed by atoms with Crippen LogP contribution in [0, 0.1) is 0 Å². The van der Waals surface area contributed by atoms with Crippen LogP contribution in [-0.4, -0.2) is 26.8 Å². The van der Waals surface area contributed by atoms with Crippen molar-refractivity contribution in [3.63, 3.8) is 0 Å². The van der Waals surface area contributed by atoms with Gasteiger partial charge in [-0.05, 0) is 35.9 Å². The van der Waals surface area contributed by atoms with Gasteiger partial charge in [0.15, 0.2) is 5.75 Å². The maximum atomic E-state index is 9.39. The lowest BCUT2D eigenvalue weighted by molar-refractivity contribution is -0.178. The molecule has 0 radical (unpaired) electrons. The summed E-state index contributed by atoms with van der Waals surface area (Å²) in [6, 6.07) is 11.5. The van der Waals surface area contributed by atoms with Gasteiger partial charge in [-0.3, -0.25) is 4.98 Å². The van der Waals surface area contributed by atoms with Crippen molar-refractivity contribution in [1.82, 2.24) is 4.98 Å². The predicted octanol–water partition coefficient (Wildman–Crippen LogP) is 2.91. The topological polar surface area (TPSA) is 82.8 Å². The first-order valence-corrected chi connectivity index (χ1v) is 6.83. The number of pyridine rings is 1. The summed E-state index contributed by atoms with van der Waals surface area (Å²) in [5, 5.41) is 28.9. The number of ether oxygens (including phenoxy) is 1. The van der Waals surface area contributed by atoms with Crippen molar-refractivity contribution >= 4 is 22.5 Å². The first-order chi connectivity index (χ1) is 10.6. The van der Waals surface area contributed by atoms with Crippen LogP contribution in [0.4, 0.5) is 0 Å². The quantitative estimate of drug-likeness (QED) is 0.647. The van der Waals surface area contributed by atoms with Crippen molar-refractivity contribution in [3.05, 3.63) is 53.7 Å². The standard InChI is InChI=1S/C16H12ClNO4/c17-13-8-12(9-3-5-10(19)6-4-9)15(22-16(20)21)14-11(13)2-1-7-18-14/h1-8,16,19-21H. The van der Waals surface area contributed by atoms with E-state index in [1.807, 2.05) is 0 Å². The second kappa shape index (κ2) is 5.81. The first-order valence-electron chi connectivity index (χ1n) is 6.45. The molecule has 3 N–H and O–H groups in total.